The molecule has 3 aromatic carbocycles. The van der Waals surface area contributed by atoms with E-state index in [2.05, 4.69) is 20.4 Å². The number of piperazine rings is 1. The molecule has 2 fully saturated rings. The zero-order valence-corrected chi connectivity index (χ0v) is 31.8. The predicted octanol–water partition coefficient (Wildman–Crippen LogP) is 2.99. The van der Waals surface area contributed by atoms with E-state index in [0.717, 1.165) is 27.8 Å². The largest absolute Gasteiger partial charge is 0.504 e. The van der Waals surface area contributed by atoms with Crippen LogP contribution in [0.5, 0.6) is 40.2 Å². The van der Waals surface area contributed by atoms with Gasteiger partial charge in [-0.2, -0.15) is 0 Å². The van der Waals surface area contributed by atoms with Crippen LogP contribution in [0.4, 0.5) is 0 Å². The van der Waals surface area contributed by atoms with E-state index in [1.807, 2.05) is 27.0 Å². The van der Waals surface area contributed by atoms with Gasteiger partial charge in [-0.3, -0.25) is 24.7 Å². The minimum absolute atomic E-state index is 0.00218. The molecule has 0 saturated carbocycles. The van der Waals surface area contributed by atoms with Gasteiger partial charge in [-0.25, -0.2) is 0 Å². The monoisotopic (exact) mass is 760 g/mol. The highest BCUT2D eigenvalue weighted by molar-refractivity contribution is 7.99. The van der Waals surface area contributed by atoms with E-state index in [-0.39, 0.29) is 48.3 Å². The Morgan fingerprint density at radius 3 is 2.56 bits per heavy atom. The van der Waals surface area contributed by atoms with Crippen molar-refractivity contribution in [2.75, 3.05) is 46.9 Å². The van der Waals surface area contributed by atoms with E-state index in [0.29, 0.717) is 59.1 Å². The first-order valence-corrected chi connectivity index (χ1v) is 19.2. The first kappa shape index (κ1) is 35.3. The Morgan fingerprint density at radius 1 is 1.04 bits per heavy atom. The Balaban J connectivity index is 1.32. The topological polar surface area (TPSA) is 172 Å². The van der Waals surface area contributed by atoms with Gasteiger partial charge in [0.1, 0.15) is 17.5 Å². The van der Waals surface area contributed by atoms with Crippen molar-refractivity contribution < 1.29 is 48.6 Å². The van der Waals surface area contributed by atoms with Gasteiger partial charge in [0.2, 0.25) is 12.7 Å². The van der Waals surface area contributed by atoms with Gasteiger partial charge in [-0.05, 0) is 68.1 Å². The lowest BCUT2D eigenvalue weighted by Gasteiger charge is -2.62. The van der Waals surface area contributed by atoms with Crippen LogP contribution in [0.2, 0.25) is 0 Å². The van der Waals surface area contributed by atoms with E-state index in [9.17, 15) is 24.9 Å². The molecule has 7 heterocycles. The van der Waals surface area contributed by atoms with Crippen LogP contribution in [0.1, 0.15) is 68.8 Å². The number of nitrogens with zero attached hydrogens (tertiary/aromatic N) is 2. The number of aromatic hydroxyl groups is 2. The number of ether oxygens (including phenoxy) is 5. The van der Waals surface area contributed by atoms with Crippen molar-refractivity contribution in [2.45, 2.75) is 74.8 Å². The first-order valence-electron chi connectivity index (χ1n) is 18.2. The summed E-state index contributed by atoms with van der Waals surface area (Å²) in [5.41, 5.74) is 4.74. The summed E-state index contributed by atoms with van der Waals surface area (Å²) >= 11 is 1.51. The van der Waals surface area contributed by atoms with Gasteiger partial charge in [0.25, 0.3) is 0 Å². The van der Waals surface area contributed by atoms with Crippen LogP contribution in [-0.4, -0.2) is 102 Å². The van der Waals surface area contributed by atoms with Crippen molar-refractivity contribution in [3.05, 3.63) is 62.7 Å². The van der Waals surface area contributed by atoms with Crippen LogP contribution in [0.3, 0.4) is 0 Å². The number of phenolic OH excluding ortho intramolecular Hbond substituents is 2. The lowest BCUT2D eigenvalue weighted by molar-refractivity contribution is -0.173. The maximum absolute atomic E-state index is 14.8. The molecule has 7 atom stereocenters. The van der Waals surface area contributed by atoms with Gasteiger partial charge in [0.05, 0.1) is 37.6 Å². The van der Waals surface area contributed by atoms with E-state index in [1.165, 1.54) is 25.8 Å². The standard InChI is InChI=1S/C39H44N4O10S/c1-16-9-20-10-22-37(47)43-23-13-40-38(48)39(21-12-25(49-5)24(45)11-19(21)7-8-41-39)14-54-36(30(43)29(42(22)4)26(20)31(46)32(16)50-6)28-27(23)35-34(51-15-52-35)17(2)33(28)53-18(3)44/h9,11-12,22-23,29-30,36-37,41,45-47H,7-8,10,13-15H2,1-6H3,(H,40,48)/t22?,23-,29-,30?,36-,37+,39-/m1/s1. The van der Waals surface area contributed by atoms with Crippen molar-refractivity contribution >= 4 is 23.6 Å². The smallest absolute Gasteiger partial charge is 0.308 e. The molecule has 0 radical (unpaired) electrons. The molecular weight excluding hydrogens is 717 g/mol. The molecule has 10 rings (SSSR count). The number of phenols is 2. The summed E-state index contributed by atoms with van der Waals surface area (Å²) in [7, 11) is 4.99. The Morgan fingerprint density at radius 2 is 1.81 bits per heavy atom. The highest BCUT2D eigenvalue weighted by Crippen LogP contribution is 2.64. The summed E-state index contributed by atoms with van der Waals surface area (Å²) in [6.45, 7) is 5.60. The molecule has 2 saturated heterocycles. The van der Waals surface area contributed by atoms with Gasteiger partial charge in [0, 0.05) is 54.1 Å². The number of nitrogens with one attached hydrogen (secondary N) is 2. The molecule has 0 aromatic heterocycles. The Labute approximate surface area is 316 Å². The molecule has 5 N–H and O–H groups in total. The number of aliphatic hydroxyl groups excluding tert-OH is 1. The second kappa shape index (κ2) is 12.6. The van der Waals surface area contributed by atoms with Crippen LogP contribution < -0.4 is 34.3 Å². The third-order valence-corrected chi connectivity index (χ3v) is 13.9. The average molecular weight is 761 g/mol. The number of hydrogen-bond donors (Lipinski definition) is 5. The van der Waals surface area contributed by atoms with Crippen LogP contribution in [0, 0.1) is 13.8 Å². The molecule has 286 valence electrons. The zero-order valence-electron chi connectivity index (χ0n) is 30.9. The molecule has 14 nitrogen and oxygen atoms in total. The second-order valence-electron chi connectivity index (χ2n) is 15.0. The minimum atomic E-state index is -1.25. The molecule has 4 bridgehead atoms. The summed E-state index contributed by atoms with van der Waals surface area (Å²) < 4.78 is 29.6. The van der Waals surface area contributed by atoms with Gasteiger partial charge in [0.15, 0.2) is 34.5 Å². The first-order chi connectivity index (χ1) is 25.9. The molecule has 0 aliphatic carbocycles. The normalized spacial score (nSPS) is 29.4. The number of rotatable bonds is 3. The van der Waals surface area contributed by atoms with Crippen molar-refractivity contribution in [1.29, 1.82) is 0 Å². The fourth-order valence-electron chi connectivity index (χ4n) is 10.1. The van der Waals surface area contributed by atoms with E-state index in [1.54, 1.807) is 19.2 Å². The van der Waals surface area contributed by atoms with Crippen LogP contribution in [0.25, 0.3) is 0 Å². The lowest BCUT2D eigenvalue weighted by atomic mass is 9.72. The van der Waals surface area contributed by atoms with Gasteiger partial charge < -0.3 is 44.3 Å². The number of amides is 1. The van der Waals surface area contributed by atoms with Gasteiger partial charge in [-0.15, -0.1) is 11.8 Å². The zero-order chi connectivity index (χ0) is 38.0. The number of likely N-dealkylation sites (N-methyl/N-ethyl adjacent to an activating group) is 1. The second-order valence-corrected chi connectivity index (χ2v) is 16.2. The fraction of sp³-hybridized carbons (Fsp3) is 0.487. The predicted molar refractivity (Wildman–Crippen MR) is 197 cm³/mol. The lowest BCUT2D eigenvalue weighted by Crippen LogP contribution is -2.70. The number of esters is 1. The average Bonchev–Trinajstić information content (AvgIpc) is 3.63. The number of carbonyl (C=O) groups is 2. The number of hydrogen-bond acceptors (Lipinski definition) is 14. The number of carbonyl (C=O) groups excluding carboxylic acids is 2. The molecule has 3 aromatic rings. The molecule has 7 aliphatic rings. The number of fused-ring (bicyclic) bond motifs is 9. The van der Waals surface area contributed by atoms with Crippen LogP contribution in [0.15, 0.2) is 18.2 Å². The number of methoxy groups -OCH3 is 2. The summed E-state index contributed by atoms with van der Waals surface area (Å²) in [6.07, 6.45) is 0.0600. The third kappa shape index (κ3) is 4.74. The quantitative estimate of drug-likeness (QED) is 0.195. The minimum Gasteiger partial charge on any atom is -0.504 e. The molecule has 7 aliphatic heterocycles. The van der Waals surface area contributed by atoms with Crippen molar-refractivity contribution in [1.82, 2.24) is 20.4 Å². The van der Waals surface area contributed by atoms with E-state index in [4.69, 9.17) is 23.7 Å². The number of benzene rings is 3. The van der Waals surface area contributed by atoms with E-state index < -0.39 is 41.1 Å². The van der Waals surface area contributed by atoms with Gasteiger partial charge in [-0.1, -0.05) is 6.07 Å². The van der Waals surface area contributed by atoms with E-state index >= 15 is 0 Å². The van der Waals surface area contributed by atoms with Crippen molar-refractivity contribution in [2.24, 2.45) is 0 Å². The SMILES string of the molecule is COc1cc2c(cc1O)CCN[C@]21CS[C@@H]2c3c(OC(C)=O)c(C)c4c(c3[C@@H](CNC1=O)N1C2[C@H]2c3c(cc(C)c(OC)c3O)CC([C@@H]1O)N2C)OCO4. The Hall–Kier alpha value is -4.41. The summed E-state index contributed by atoms with van der Waals surface area (Å²) in [6, 6.07) is 3.42. The fourth-order valence-corrected chi connectivity index (χ4v) is 11.8. The molecule has 15 heteroatoms. The highest BCUT2D eigenvalue weighted by Gasteiger charge is 2.61. The third-order valence-electron chi connectivity index (χ3n) is 12.4. The van der Waals surface area contributed by atoms with Crippen LogP contribution in [-0.2, 0) is 28.0 Å². The summed E-state index contributed by atoms with van der Waals surface area (Å²) in [5.74, 6) is 1.45. The van der Waals surface area contributed by atoms with Crippen LogP contribution >= 0.6 is 11.8 Å². The maximum Gasteiger partial charge on any atom is 0.308 e. The summed E-state index contributed by atoms with van der Waals surface area (Å²) in [5, 5.41) is 41.6. The Kier molecular flexibility index (Phi) is 8.21. The molecule has 1 amide bonds. The number of aliphatic hydroxyl groups is 1. The summed E-state index contributed by atoms with van der Waals surface area (Å²) in [4.78, 5) is 31.9. The van der Waals surface area contributed by atoms with Gasteiger partial charge >= 0.3 is 5.97 Å². The maximum atomic E-state index is 14.8. The molecule has 1 spiro atoms. The molecular formula is C39H44N4O10S. The molecule has 2 unspecified atom stereocenters. The Bertz CT molecular complexity index is 2130. The number of thioether (sulfide) groups is 1. The number of aryl methyl sites for hydroxylation is 1. The van der Waals surface area contributed by atoms with Crippen molar-refractivity contribution in [3.63, 3.8) is 0 Å². The highest BCUT2D eigenvalue weighted by atomic mass is 32.2. The molecule has 54 heavy (non-hydrogen) atoms. The van der Waals surface area contributed by atoms with Crippen molar-refractivity contribution in [3.8, 4) is 40.2 Å².